The molecule has 0 amide bonds. The third-order valence-electron chi connectivity index (χ3n) is 6.11. The number of benzene rings is 2. The van der Waals surface area contributed by atoms with E-state index in [9.17, 15) is 5.11 Å². The van der Waals surface area contributed by atoms with Gasteiger partial charge >= 0.3 is 0 Å². The van der Waals surface area contributed by atoms with Gasteiger partial charge in [-0.3, -0.25) is 0 Å². The van der Waals surface area contributed by atoms with Gasteiger partial charge in [0.25, 0.3) is 0 Å². The van der Waals surface area contributed by atoms with Crippen molar-refractivity contribution in [3.63, 3.8) is 0 Å². The molecule has 0 unspecified atom stereocenters. The quantitative estimate of drug-likeness (QED) is 0.661. The fourth-order valence-electron chi connectivity index (χ4n) is 3.67. The van der Waals surface area contributed by atoms with E-state index in [1.807, 2.05) is 13.0 Å². The second-order valence-corrected chi connectivity index (χ2v) is 8.02. The molecule has 25 heavy (non-hydrogen) atoms. The minimum Gasteiger partial charge on any atom is -0.507 e. The fourth-order valence-corrected chi connectivity index (χ4v) is 3.67. The van der Waals surface area contributed by atoms with Crippen molar-refractivity contribution in [1.82, 2.24) is 0 Å². The first-order valence-corrected chi connectivity index (χ1v) is 9.45. The number of aryl methyl sites for hydroxylation is 1. The molecule has 2 nitrogen and oxygen atoms in total. The third-order valence-corrected chi connectivity index (χ3v) is 6.11. The zero-order valence-corrected chi connectivity index (χ0v) is 16.7. The summed E-state index contributed by atoms with van der Waals surface area (Å²) in [5, 5.41) is 10.7. The first-order valence-electron chi connectivity index (χ1n) is 9.45. The smallest absolute Gasteiger partial charge is 0.122 e. The molecule has 0 fully saturated rings. The van der Waals surface area contributed by atoms with Gasteiger partial charge in [-0.15, -0.1) is 0 Å². The molecule has 2 heteroatoms. The van der Waals surface area contributed by atoms with Gasteiger partial charge in [0, 0.05) is 17.9 Å². The van der Waals surface area contributed by atoms with Gasteiger partial charge in [-0.1, -0.05) is 48.5 Å². The molecule has 0 heterocycles. The molecule has 0 aliphatic carbocycles. The number of phenols is 1. The van der Waals surface area contributed by atoms with Gasteiger partial charge < -0.3 is 9.59 Å². The molecule has 0 saturated carbocycles. The molecule has 0 saturated heterocycles. The predicted octanol–water partition coefficient (Wildman–Crippen LogP) is 5.49. The number of rotatable bonds is 7. The van der Waals surface area contributed by atoms with Crippen LogP contribution in [0.3, 0.4) is 0 Å². The Morgan fingerprint density at radius 3 is 2.04 bits per heavy atom. The number of hydrogen-bond acceptors (Lipinski definition) is 1. The minimum absolute atomic E-state index is 0.219. The lowest BCUT2D eigenvalue weighted by Crippen LogP contribution is -2.55. The summed E-state index contributed by atoms with van der Waals surface area (Å²) in [5.74, 6) is 0.663. The van der Waals surface area contributed by atoms with Gasteiger partial charge in [0.2, 0.25) is 0 Å². The summed E-state index contributed by atoms with van der Waals surface area (Å²) in [7, 11) is 2.35. The highest BCUT2D eigenvalue weighted by Crippen LogP contribution is 2.36. The second-order valence-electron chi connectivity index (χ2n) is 8.02. The number of quaternary nitrogens is 1. The van der Waals surface area contributed by atoms with E-state index in [4.69, 9.17) is 0 Å². The van der Waals surface area contributed by atoms with Crippen molar-refractivity contribution in [2.45, 2.75) is 59.0 Å². The first-order chi connectivity index (χ1) is 11.8. The number of aromatic hydroxyl groups is 1. The van der Waals surface area contributed by atoms with E-state index >= 15 is 0 Å². The number of phenolic OH excluding ortho intramolecular Hbond substituents is 1. The van der Waals surface area contributed by atoms with Crippen LogP contribution in [0, 0.1) is 6.92 Å². The normalized spacial score (nSPS) is 13.4. The highest BCUT2D eigenvalue weighted by Gasteiger charge is 2.31. The molecule has 2 rings (SSSR count). The molecule has 0 aliphatic heterocycles. The zero-order valence-electron chi connectivity index (χ0n) is 16.7. The summed E-state index contributed by atoms with van der Waals surface area (Å²) in [6.07, 6.45) is 1.02. The van der Waals surface area contributed by atoms with E-state index < -0.39 is 0 Å². The van der Waals surface area contributed by atoms with Crippen molar-refractivity contribution in [3.8, 4) is 5.75 Å². The van der Waals surface area contributed by atoms with E-state index in [0.29, 0.717) is 17.8 Å². The van der Waals surface area contributed by atoms with Crippen molar-refractivity contribution in [2.24, 2.45) is 0 Å². The van der Waals surface area contributed by atoms with Crippen LogP contribution >= 0.6 is 0 Å². The highest BCUT2D eigenvalue weighted by atomic mass is 16.3. The lowest BCUT2D eigenvalue weighted by atomic mass is 9.86. The number of hydrogen-bond donors (Lipinski definition) is 1. The summed E-state index contributed by atoms with van der Waals surface area (Å²) in [5.41, 5.74) is 3.27. The standard InChI is InChI=1S/C23H33NO/c1-17(2)24(6,18(3)4)16-15-21(20-12-8-7-9-13-20)22-14-10-11-19(5)23(22)25/h7-14,17-18,21H,15-16H2,1-6H3/p+1/t21-/m0/s1. The van der Waals surface area contributed by atoms with Crippen LogP contribution in [0.1, 0.15) is 56.7 Å². The Balaban J connectivity index is 2.39. The summed E-state index contributed by atoms with van der Waals surface area (Å²) in [6, 6.07) is 17.9. The van der Waals surface area contributed by atoms with Crippen LogP contribution < -0.4 is 0 Å². The Labute approximate surface area is 153 Å². The molecule has 0 radical (unpaired) electrons. The van der Waals surface area contributed by atoms with Crippen molar-refractivity contribution in [1.29, 1.82) is 0 Å². The molecule has 0 aliphatic rings. The van der Waals surface area contributed by atoms with E-state index in [0.717, 1.165) is 28.6 Å². The molecule has 0 aromatic heterocycles. The van der Waals surface area contributed by atoms with Crippen molar-refractivity contribution >= 4 is 0 Å². The van der Waals surface area contributed by atoms with Gasteiger partial charge in [0.05, 0.1) is 25.7 Å². The monoisotopic (exact) mass is 340 g/mol. The van der Waals surface area contributed by atoms with E-state index in [2.05, 4.69) is 77.2 Å². The van der Waals surface area contributed by atoms with Gasteiger partial charge in [-0.05, 0) is 45.7 Å². The molecular formula is C23H34NO+. The van der Waals surface area contributed by atoms with Crippen molar-refractivity contribution in [2.75, 3.05) is 13.6 Å². The van der Waals surface area contributed by atoms with Crippen LogP contribution in [0.15, 0.2) is 48.5 Å². The predicted molar refractivity (Wildman–Crippen MR) is 107 cm³/mol. The zero-order chi connectivity index (χ0) is 18.6. The Morgan fingerprint density at radius 2 is 1.48 bits per heavy atom. The topological polar surface area (TPSA) is 20.2 Å². The number of para-hydroxylation sites is 1. The molecule has 0 bridgehead atoms. The van der Waals surface area contributed by atoms with Crippen LogP contribution in [0.5, 0.6) is 5.75 Å². The Kier molecular flexibility index (Phi) is 6.29. The maximum absolute atomic E-state index is 10.7. The highest BCUT2D eigenvalue weighted by molar-refractivity contribution is 5.45. The third kappa shape index (κ3) is 4.24. The van der Waals surface area contributed by atoms with Gasteiger partial charge in [-0.25, -0.2) is 0 Å². The van der Waals surface area contributed by atoms with Crippen LogP contribution in [0.25, 0.3) is 0 Å². The van der Waals surface area contributed by atoms with Crippen molar-refractivity contribution < 1.29 is 9.59 Å². The average Bonchev–Trinajstić information content (AvgIpc) is 2.59. The van der Waals surface area contributed by atoms with Gasteiger partial charge in [0.15, 0.2) is 0 Å². The summed E-state index contributed by atoms with van der Waals surface area (Å²) in [6.45, 7) is 12.3. The first kappa shape index (κ1) is 19.5. The maximum Gasteiger partial charge on any atom is 0.122 e. The lowest BCUT2D eigenvalue weighted by molar-refractivity contribution is -0.949. The molecule has 1 N–H and O–H groups in total. The average molecular weight is 341 g/mol. The van der Waals surface area contributed by atoms with Crippen molar-refractivity contribution in [3.05, 3.63) is 65.2 Å². The molecule has 136 valence electrons. The Bertz CT molecular complexity index is 668. The van der Waals surface area contributed by atoms with Crippen LogP contribution in [-0.2, 0) is 0 Å². The van der Waals surface area contributed by atoms with Gasteiger partial charge in [-0.2, -0.15) is 0 Å². The lowest BCUT2D eigenvalue weighted by Gasteiger charge is -2.43. The SMILES string of the molecule is Cc1cccc([C@@H](CC[N+](C)(C(C)C)C(C)C)c2ccccc2)c1O. The number of nitrogens with zero attached hydrogens (tertiary/aromatic N) is 1. The Morgan fingerprint density at radius 1 is 0.880 bits per heavy atom. The molecule has 1 atom stereocenters. The van der Waals surface area contributed by atoms with E-state index in [1.165, 1.54) is 5.56 Å². The second kappa shape index (κ2) is 8.05. The molecular weight excluding hydrogens is 306 g/mol. The van der Waals surface area contributed by atoms with E-state index in [-0.39, 0.29) is 5.92 Å². The summed E-state index contributed by atoms with van der Waals surface area (Å²) in [4.78, 5) is 0. The van der Waals surface area contributed by atoms with Gasteiger partial charge in [0.1, 0.15) is 5.75 Å². The Hall–Kier alpha value is -1.80. The fraction of sp³-hybridized carbons (Fsp3) is 0.478. The van der Waals surface area contributed by atoms with Crippen LogP contribution in [-0.4, -0.2) is 35.3 Å². The van der Waals surface area contributed by atoms with E-state index in [1.54, 1.807) is 0 Å². The summed E-state index contributed by atoms with van der Waals surface area (Å²) >= 11 is 0. The summed E-state index contributed by atoms with van der Waals surface area (Å²) < 4.78 is 1.04. The molecule has 2 aromatic carbocycles. The minimum atomic E-state index is 0.219. The largest absolute Gasteiger partial charge is 0.507 e. The molecule has 2 aromatic rings. The van der Waals surface area contributed by atoms with Crippen LogP contribution in [0.2, 0.25) is 0 Å². The molecule has 0 spiro atoms. The maximum atomic E-state index is 10.7. The van der Waals surface area contributed by atoms with Crippen LogP contribution in [0.4, 0.5) is 0 Å².